The second-order valence-corrected chi connectivity index (χ2v) is 11.2. The molecule has 0 spiro atoms. The zero-order valence-electron chi connectivity index (χ0n) is 23.3. The molecule has 0 saturated heterocycles. The predicted octanol–water partition coefficient (Wildman–Crippen LogP) is 9.06. The minimum absolute atomic E-state index is 0.106. The highest BCUT2D eigenvalue weighted by Crippen LogP contribution is 2.49. The van der Waals surface area contributed by atoms with Gasteiger partial charge in [-0.15, -0.1) is 0 Å². The van der Waals surface area contributed by atoms with Gasteiger partial charge in [-0.05, 0) is 65.9 Å². The van der Waals surface area contributed by atoms with E-state index in [1.54, 1.807) is 16.8 Å². The number of hydrogen-bond donors (Lipinski definition) is 0. The van der Waals surface area contributed by atoms with Gasteiger partial charge in [-0.1, -0.05) is 48.5 Å². The van der Waals surface area contributed by atoms with Crippen LogP contribution in [-0.4, -0.2) is 0 Å². The fourth-order valence-electron chi connectivity index (χ4n) is 6.97. The number of benzene rings is 3. The lowest BCUT2D eigenvalue weighted by Crippen LogP contribution is -2.53. The van der Waals surface area contributed by atoms with Crippen LogP contribution in [0.25, 0.3) is 39.3 Å². The van der Waals surface area contributed by atoms with Crippen molar-refractivity contribution in [1.29, 1.82) is 0 Å². The molecule has 2 unspecified atom stereocenters. The monoisotopic (exact) mass is 600 g/mol. The van der Waals surface area contributed by atoms with Crippen molar-refractivity contribution in [1.82, 2.24) is 0 Å². The van der Waals surface area contributed by atoms with Crippen LogP contribution in [0.5, 0.6) is 0 Å². The molecule has 5 aromatic rings. The number of allylic oxidation sites excluding steroid dienone is 1. The fourth-order valence-corrected chi connectivity index (χ4v) is 6.97. The molecule has 0 amide bonds. The van der Waals surface area contributed by atoms with E-state index in [1.165, 1.54) is 6.07 Å². The van der Waals surface area contributed by atoms with Crippen LogP contribution < -0.4 is 9.13 Å². The van der Waals surface area contributed by atoms with Crippen molar-refractivity contribution >= 4 is 5.70 Å². The number of halogens is 6. The van der Waals surface area contributed by atoms with E-state index in [0.29, 0.717) is 17.5 Å². The van der Waals surface area contributed by atoms with Gasteiger partial charge in [0, 0.05) is 29.8 Å². The van der Waals surface area contributed by atoms with Gasteiger partial charge in [-0.25, -0.2) is 0 Å². The number of fused-ring (bicyclic) bond motifs is 9. The predicted molar refractivity (Wildman–Crippen MR) is 155 cm³/mol. The van der Waals surface area contributed by atoms with Gasteiger partial charge in [0.2, 0.25) is 23.1 Å². The summed E-state index contributed by atoms with van der Waals surface area (Å²) in [5.41, 5.74) is 1.76. The molecule has 0 N–H and O–H groups in total. The van der Waals surface area contributed by atoms with E-state index in [1.807, 2.05) is 85.1 Å². The van der Waals surface area contributed by atoms with Gasteiger partial charge >= 0.3 is 12.4 Å². The molecule has 0 radical (unpaired) electrons. The van der Waals surface area contributed by atoms with E-state index in [4.69, 9.17) is 0 Å². The standard InChI is InChI=1S/C36H26F6N2/c1-22-34-29(25-11-5-6-12-26(25)31-13-7-8-19-44(31)34)15-14-28-27(16-17-30(35(37,38)39)33(28)36(40,41)42)32-21-24(18-20-43(22)32)23-9-3-2-4-10-23/h2-13,16-21,29,34H,1,14-15H2/q+2. The smallest absolute Gasteiger partial charge is 0.184 e. The summed E-state index contributed by atoms with van der Waals surface area (Å²) in [7, 11) is 0. The second-order valence-electron chi connectivity index (χ2n) is 11.2. The van der Waals surface area contributed by atoms with Crippen molar-refractivity contribution < 1.29 is 35.5 Å². The highest BCUT2D eigenvalue weighted by molar-refractivity contribution is 5.73. The molecule has 0 bridgehead atoms. The Labute approximate surface area is 250 Å². The molecular formula is C36H26F6N2+2. The first-order valence-electron chi connectivity index (χ1n) is 14.2. The SMILES string of the molecule is C=C1C2C(CCc3c(ccc(C(F)(F)F)c3C(F)(F)F)-c3cc(-c4ccccc4)cc[n+]31)c1ccccc1-c1cccc[n+]12. The third-order valence-corrected chi connectivity index (χ3v) is 8.80. The molecule has 3 aromatic carbocycles. The topological polar surface area (TPSA) is 7.76 Å². The molecule has 0 fully saturated rings. The molecule has 0 aliphatic carbocycles. The van der Waals surface area contributed by atoms with Gasteiger partial charge in [-0.2, -0.15) is 35.5 Å². The molecule has 2 aliphatic heterocycles. The molecule has 2 aliphatic rings. The van der Waals surface area contributed by atoms with Crippen LogP contribution in [0.15, 0.2) is 116 Å². The first-order chi connectivity index (χ1) is 21.0. The van der Waals surface area contributed by atoms with Crippen LogP contribution in [0.2, 0.25) is 0 Å². The number of rotatable bonds is 1. The van der Waals surface area contributed by atoms with Gasteiger partial charge in [0.05, 0.1) is 22.6 Å². The second kappa shape index (κ2) is 10.2. The maximum Gasteiger partial charge on any atom is 0.417 e. The number of pyridine rings is 2. The number of nitrogens with zero attached hydrogens (tertiary/aromatic N) is 2. The molecule has 2 nitrogen and oxygen atoms in total. The summed E-state index contributed by atoms with van der Waals surface area (Å²) in [4.78, 5) is 0. The summed E-state index contributed by atoms with van der Waals surface area (Å²) < 4.78 is 90.5. The van der Waals surface area contributed by atoms with E-state index in [9.17, 15) is 26.3 Å². The summed E-state index contributed by atoms with van der Waals surface area (Å²) >= 11 is 0. The third kappa shape index (κ3) is 4.51. The lowest BCUT2D eigenvalue weighted by atomic mass is 9.78. The van der Waals surface area contributed by atoms with Crippen molar-refractivity contribution in [2.45, 2.75) is 37.2 Å². The van der Waals surface area contributed by atoms with Crippen LogP contribution in [0.3, 0.4) is 0 Å². The van der Waals surface area contributed by atoms with Crippen LogP contribution >= 0.6 is 0 Å². The lowest BCUT2D eigenvalue weighted by molar-refractivity contribution is -0.727. The van der Waals surface area contributed by atoms with Crippen LogP contribution in [0.1, 0.15) is 40.6 Å². The molecule has 220 valence electrons. The van der Waals surface area contributed by atoms with Crippen LogP contribution in [0.4, 0.5) is 26.3 Å². The lowest BCUT2D eigenvalue weighted by Gasteiger charge is -2.29. The maximum absolute atomic E-state index is 14.7. The Balaban J connectivity index is 1.56. The third-order valence-electron chi connectivity index (χ3n) is 8.80. The van der Waals surface area contributed by atoms with Gasteiger partial charge in [-0.3, -0.25) is 0 Å². The number of hydrogen-bond acceptors (Lipinski definition) is 0. The normalized spacial score (nSPS) is 17.6. The minimum Gasteiger partial charge on any atom is -0.184 e. The maximum atomic E-state index is 14.7. The largest absolute Gasteiger partial charge is 0.417 e. The van der Waals surface area contributed by atoms with Crippen LogP contribution in [0, 0.1) is 0 Å². The number of aromatic nitrogens is 2. The van der Waals surface area contributed by atoms with E-state index < -0.39 is 29.5 Å². The molecule has 44 heavy (non-hydrogen) atoms. The highest BCUT2D eigenvalue weighted by Gasteiger charge is 2.50. The van der Waals surface area contributed by atoms with E-state index >= 15 is 0 Å². The van der Waals surface area contributed by atoms with Crippen molar-refractivity contribution in [3.05, 3.63) is 138 Å². The van der Waals surface area contributed by atoms with Crippen LogP contribution in [-0.2, 0) is 18.8 Å². The van der Waals surface area contributed by atoms with Gasteiger partial charge < -0.3 is 0 Å². The number of alkyl halides is 6. The quantitative estimate of drug-likeness (QED) is 0.134. The Bertz CT molecular complexity index is 1920. The summed E-state index contributed by atoms with van der Waals surface area (Å²) in [5.74, 6) is -0.352. The molecule has 4 heterocycles. The van der Waals surface area contributed by atoms with E-state index in [0.717, 1.165) is 27.9 Å². The molecule has 0 saturated carbocycles. The Morgan fingerprint density at radius 2 is 1.39 bits per heavy atom. The molecule has 8 heteroatoms. The fraction of sp³-hybridized carbons (Fsp3) is 0.167. The summed E-state index contributed by atoms with van der Waals surface area (Å²) in [6.45, 7) is 4.50. The van der Waals surface area contributed by atoms with Gasteiger partial charge in [0.15, 0.2) is 12.4 Å². The zero-order chi connectivity index (χ0) is 30.8. The van der Waals surface area contributed by atoms with Crippen molar-refractivity contribution in [3.8, 4) is 33.6 Å². The molecular weight excluding hydrogens is 574 g/mol. The first-order valence-corrected chi connectivity index (χ1v) is 14.2. The Morgan fingerprint density at radius 3 is 2.14 bits per heavy atom. The summed E-state index contributed by atoms with van der Waals surface area (Å²) in [6, 6.07) is 27.8. The summed E-state index contributed by atoms with van der Waals surface area (Å²) in [5, 5.41) is 0. The minimum atomic E-state index is -5.23. The molecule has 7 rings (SSSR count). The molecule has 2 atom stereocenters. The Kier molecular flexibility index (Phi) is 6.50. The van der Waals surface area contributed by atoms with Gasteiger partial charge in [0.1, 0.15) is 0 Å². The van der Waals surface area contributed by atoms with E-state index in [2.05, 4.69) is 11.1 Å². The first kappa shape index (κ1) is 28.1. The van der Waals surface area contributed by atoms with Gasteiger partial charge in [0.25, 0.3) is 0 Å². The molecule has 2 aromatic heterocycles. The van der Waals surface area contributed by atoms with Crippen molar-refractivity contribution in [2.75, 3.05) is 0 Å². The zero-order valence-corrected chi connectivity index (χ0v) is 23.3. The summed E-state index contributed by atoms with van der Waals surface area (Å²) in [6.07, 6.45) is -6.75. The van der Waals surface area contributed by atoms with E-state index in [-0.39, 0.29) is 29.9 Å². The Morgan fingerprint density at radius 1 is 0.659 bits per heavy atom. The average Bonchev–Trinajstić information content (AvgIpc) is 3.06. The van der Waals surface area contributed by atoms with Crippen molar-refractivity contribution in [3.63, 3.8) is 0 Å². The Hall–Kier alpha value is -4.72. The highest BCUT2D eigenvalue weighted by atomic mass is 19.4. The average molecular weight is 601 g/mol. The van der Waals surface area contributed by atoms with Crippen molar-refractivity contribution in [2.24, 2.45) is 0 Å².